The Morgan fingerprint density at radius 2 is 2.06 bits per heavy atom. The van der Waals surface area contributed by atoms with Crippen LogP contribution in [0.5, 0.6) is 0 Å². The van der Waals surface area contributed by atoms with Gasteiger partial charge in [-0.25, -0.2) is 8.42 Å². The highest BCUT2D eigenvalue weighted by Crippen LogP contribution is 2.19. The first-order valence-electron chi connectivity index (χ1n) is 4.68. The Labute approximate surface area is 104 Å². The molecule has 0 aliphatic carbocycles. The Balaban J connectivity index is 3.33. The lowest BCUT2D eigenvalue weighted by atomic mass is 10.1. The van der Waals surface area contributed by atoms with Gasteiger partial charge in [0.15, 0.2) is 0 Å². The smallest absolute Gasteiger partial charge is 0.261 e. The summed E-state index contributed by atoms with van der Waals surface area (Å²) in [5.41, 5.74) is 0.786. The number of carbonyl (C=O) groups is 1. The highest BCUT2D eigenvalue weighted by molar-refractivity contribution is 8.13. The van der Waals surface area contributed by atoms with E-state index in [4.69, 9.17) is 15.4 Å². The second-order valence-corrected chi connectivity index (χ2v) is 5.88. The Hall–Kier alpha value is -1.11. The van der Waals surface area contributed by atoms with Crippen LogP contribution >= 0.6 is 10.7 Å². The van der Waals surface area contributed by atoms with Crippen LogP contribution in [0, 0.1) is 0 Å². The number of nitrogens with one attached hydrogen (secondary N) is 1. The van der Waals surface area contributed by atoms with Crippen LogP contribution in [0.25, 0.3) is 0 Å². The van der Waals surface area contributed by atoms with Crippen LogP contribution in [0.3, 0.4) is 0 Å². The lowest BCUT2D eigenvalue weighted by Crippen LogP contribution is -2.18. The van der Waals surface area contributed by atoms with Gasteiger partial charge in [0.25, 0.3) is 15.0 Å². The first-order valence-corrected chi connectivity index (χ1v) is 6.99. The second kappa shape index (κ2) is 5.48. The predicted molar refractivity (Wildman–Crippen MR) is 63.6 cm³/mol. The van der Waals surface area contributed by atoms with Crippen LogP contribution in [0.15, 0.2) is 23.1 Å². The van der Waals surface area contributed by atoms with Crippen LogP contribution < -0.4 is 5.32 Å². The number of hydrogen-bond donors (Lipinski definition) is 1. The van der Waals surface area contributed by atoms with E-state index in [9.17, 15) is 13.2 Å². The highest BCUT2D eigenvalue weighted by Gasteiger charge is 2.15. The maximum absolute atomic E-state index is 11.5. The molecule has 0 heterocycles. The molecule has 0 aliphatic heterocycles. The van der Waals surface area contributed by atoms with E-state index in [1.807, 2.05) is 0 Å². The van der Waals surface area contributed by atoms with Crippen molar-refractivity contribution in [1.29, 1.82) is 0 Å². The van der Waals surface area contributed by atoms with E-state index in [0.717, 1.165) is 0 Å². The second-order valence-electron chi connectivity index (χ2n) is 3.32. The van der Waals surface area contributed by atoms with E-state index in [0.29, 0.717) is 5.56 Å². The molecule has 0 aliphatic rings. The van der Waals surface area contributed by atoms with Gasteiger partial charge in [-0.3, -0.25) is 4.79 Å². The van der Waals surface area contributed by atoms with Crippen molar-refractivity contribution >= 4 is 25.6 Å². The van der Waals surface area contributed by atoms with Gasteiger partial charge in [0.2, 0.25) is 0 Å². The van der Waals surface area contributed by atoms with Gasteiger partial charge in [0, 0.05) is 30.4 Å². The highest BCUT2D eigenvalue weighted by atomic mass is 35.7. The molecule has 1 N–H and O–H groups in total. The Bertz CT molecular complexity index is 527. The van der Waals surface area contributed by atoms with Gasteiger partial charge in [-0.05, 0) is 23.8 Å². The number of methoxy groups -OCH3 is 1. The molecule has 17 heavy (non-hydrogen) atoms. The number of ether oxygens (including phenoxy) is 1. The zero-order chi connectivity index (χ0) is 13.1. The fourth-order valence-corrected chi connectivity index (χ4v) is 2.15. The van der Waals surface area contributed by atoms with Gasteiger partial charge in [-0.1, -0.05) is 0 Å². The summed E-state index contributed by atoms with van der Waals surface area (Å²) in [6, 6.07) is 4.15. The van der Waals surface area contributed by atoms with E-state index in [1.54, 1.807) is 6.07 Å². The van der Waals surface area contributed by atoms with Crippen LogP contribution in [0.4, 0.5) is 0 Å². The quantitative estimate of drug-likeness (QED) is 0.837. The normalized spacial score (nSPS) is 11.2. The minimum absolute atomic E-state index is 0.118. The van der Waals surface area contributed by atoms with Crippen LogP contribution in [-0.4, -0.2) is 28.5 Å². The van der Waals surface area contributed by atoms with Gasteiger partial charge in [-0.2, -0.15) is 0 Å². The van der Waals surface area contributed by atoms with Crippen LogP contribution in [0.1, 0.15) is 15.9 Å². The number of hydrogen-bond acceptors (Lipinski definition) is 4. The third-order valence-electron chi connectivity index (χ3n) is 2.05. The van der Waals surface area contributed by atoms with E-state index < -0.39 is 9.05 Å². The van der Waals surface area contributed by atoms with Gasteiger partial charge >= 0.3 is 0 Å². The average Bonchev–Trinajstić information content (AvgIpc) is 2.27. The Kier molecular flexibility index (Phi) is 4.50. The molecular formula is C10H12ClNO4S. The number of rotatable bonds is 4. The van der Waals surface area contributed by atoms with Gasteiger partial charge in [-0.15, -0.1) is 0 Å². The molecule has 0 bridgehead atoms. The molecule has 1 amide bonds. The fraction of sp³-hybridized carbons (Fsp3) is 0.300. The molecule has 0 unspecified atom stereocenters. The summed E-state index contributed by atoms with van der Waals surface area (Å²) in [5, 5.41) is 2.41. The van der Waals surface area contributed by atoms with E-state index in [-0.39, 0.29) is 23.0 Å². The summed E-state index contributed by atoms with van der Waals surface area (Å²) < 4.78 is 27.4. The zero-order valence-electron chi connectivity index (χ0n) is 9.36. The molecule has 1 aromatic carbocycles. The average molecular weight is 278 g/mol. The summed E-state index contributed by atoms with van der Waals surface area (Å²) in [5.74, 6) is -0.385. The van der Waals surface area contributed by atoms with Crippen molar-refractivity contribution in [1.82, 2.24) is 5.32 Å². The third kappa shape index (κ3) is 3.69. The molecule has 0 saturated carbocycles. The molecule has 7 heteroatoms. The fourth-order valence-electron chi connectivity index (χ4n) is 1.33. The molecule has 0 atom stereocenters. The van der Waals surface area contributed by atoms with Crippen LogP contribution in [-0.2, 0) is 20.4 Å². The van der Waals surface area contributed by atoms with Crippen molar-refractivity contribution in [3.05, 3.63) is 29.3 Å². The largest absolute Gasteiger partial charge is 0.380 e. The first kappa shape index (κ1) is 14.0. The molecule has 94 valence electrons. The van der Waals surface area contributed by atoms with E-state index in [1.165, 1.54) is 26.3 Å². The Morgan fingerprint density at radius 1 is 1.41 bits per heavy atom. The molecule has 0 saturated heterocycles. The molecule has 0 fully saturated rings. The number of amides is 1. The number of halogens is 1. The molecule has 0 aromatic heterocycles. The van der Waals surface area contributed by atoms with Gasteiger partial charge in [0.1, 0.15) is 0 Å². The molecule has 1 aromatic rings. The minimum Gasteiger partial charge on any atom is -0.380 e. The van der Waals surface area contributed by atoms with Gasteiger partial charge in [0.05, 0.1) is 11.5 Å². The minimum atomic E-state index is -3.87. The summed E-state index contributed by atoms with van der Waals surface area (Å²) in [6.45, 7) is 0.199. The number of carbonyl (C=O) groups excluding carboxylic acids is 1. The van der Waals surface area contributed by atoms with Crippen molar-refractivity contribution in [2.75, 3.05) is 14.2 Å². The Morgan fingerprint density at radius 3 is 2.53 bits per heavy atom. The molecule has 0 spiro atoms. The van der Waals surface area contributed by atoms with Crippen molar-refractivity contribution in [2.24, 2.45) is 0 Å². The predicted octanol–water partition coefficient (Wildman–Crippen LogP) is 1.12. The SMILES string of the molecule is CNC(=O)c1cc(COC)cc(S(=O)(=O)Cl)c1. The van der Waals surface area contributed by atoms with Crippen LogP contribution in [0.2, 0.25) is 0 Å². The monoisotopic (exact) mass is 277 g/mol. The van der Waals surface area contributed by atoms with Gasteiger partial charge < -0.3 is 10.1 Å². The van der Waals surface area contributed by atoms with E-state index in [2.05, 4.69) is 5.32 Å². The topological polar surface area (TPSA) is 72.5 Å². The molecular weight excluding hydrogens is 266 g/mol. The molecule has 5 nitrogen and oxygen atoms in total. The molecule has 0 radical (unpaired) electrons. The van der Waals surface area contributed by atoms with Crippen molar-refractivity contribution in [3.8, 4) is 0 Å². The van der Waals surface area contributed by atoms with Crippen molar-refractivity contribution < 1.29 is 17.9 Å². The maximum Gasteiger partial charge on any atom is 0.261 e. The number of benzene rings is 1. The van der Waals surface area contributed by atoms with Crippen molar-refractivity contribution in [3.63, 3.8) is 0 Å². The summed E-state index contributed by atoms with van der Waals surface area (Å²) in [4.78, 5) is 11.3. The zero-order valence-corrected chi connectivity index (χ0v) is 10.9. The first-order chi connectivity index (χ1) is 7.88. The maximum atomic E-state index is 11.5. The lowest BCUT2D eigenvalue weighted by Gasteiger charge is -2.06. The standard InChI is InChI=1S/C10H12ClNO4S/c1-12-10(13)8-3-7(6-16-2)4-9(5-8)17(11,14)15/h3-5H,6H2,1-2H3,(H,12,13). The summed E-state index contributed by atoms with van der Waals surface area (Å²) in [6.07, 6.45) is 0. The van der Waals surface area contributed by atoms with Crippen molar-refractivity contribution in [2.45, 2.75) is 11.5 Å². The summed E-state index contributed by atoms with van der Waals surface area (Å²) >= 11 is 0. The van der Waals surface area contributed by atoms with E-state index >= 15 is 0 Å². The molecule has 1 rings (SSSR count). The lowest BCUT2D eigenvalue weighted by molar-refractivity contribution is 0.0962. The summed E-state index contributed by atoms with van der Waals surface area (Å²) in [7, 11) is 4.31. The third-order valence-corrected chi connectivity index (χ3v) is 3.38.